The summed E-state index contributed by atoms with van der Waals surface area (Å²) < 4.78 is 7.38. The summed E-state index contributed by atoms with van der Waals surface area (Å²) in [7, 11) is 0. The molecular formula is C19H21ClN4O2. The van der Waals surface area contributed by atoms with Crippen molar-refractivity contribution in [3.63, 3.8) is 0 Å². The second-order valence-corrected chi connectivity index (χ2v) is 6.24. The minimum absolute atomic E-state index is 0.156. The summed E-state index contributed by atoms with van der Waals surface area (Å²) in [5.41, 5.74) is 1.00. The Labute approximate surface area is 157 Å². The topological polar surface area (TPSA) is 63.3 Å². The number of urea groups is 1. The Morgan fingerprint density at radius 3 is 2.85 bits per heavy atom. The number of nitrogens with one attached hydrogen (secondary N) is 1. The Hall–Kier alpha value is -2.73. The quantitative estimate of drug-likeness (QED) is 0.683. The Morgan fingerprint density at radius 2 is 2.12 bits per heavy atom. The van der Waals surface area contributed by atoms with Crippen molar-refractivity contribution in [2.24, 2.45) is 0 Å². The molecule has 2 amide bonds. The molecule has 1 N–H and O–H groups in total. The first-order valence-electron chi connectivity index (χ1n) is 8.46. The first-order valence-corrected chi connectivity index (χ1v) is 8.83. The van der Waals surface area contributed by atoms with Gasteiger partial charge in [-0.25, -0.2) is 9.78 Å². The fourth-order valence-corrected chi connectivity index (χ4v) is 2.87. The number of aromatic nitrogens is 2. The molecule has 6 nitrogen and oxygen atoms in total. The molecule has 3 aromatic rings. The molecule has 0 saturated carbocycles. The normalized spacial score (nSPS) is 10.7. The van der Waals surface area contributed by atoms with Crippen molar-refractivity contribution in [2.45, 2.75) is 26.6 Å². The third-order valence-corrected chi connectivity index (χ3v) is 4.34. The molecule has 0 saturated heterocycles. The molecule has 0 aliphatic carbocycles. The number of benzene rings is 1. The number of nitrogens with zero attached hydrogens (tertiary/aromatic N) is 3. The van der Waals surface area contributed by atoms with Crippen molar-refractivity contribution in [3.05, 3.63) is 77.2 Å². The fraction of sp³-hybridized carbons (Fsp3) is 0.263. The summed E-state index contributed by atoms with van der Waals surface area (Å²) in [4.78, 5) is 18.5. The largest absolute Gasteiger partial charge is 0.467 e. The Morgan fingerprint density at radius 1 is 1.27 bits per heavy atom. The first kappa shape index (κ1) is 18.1. The molecule has 0 fully saturated rings. The summed E-state index contributed by atoms with van der Waals surface area (Å²) in [5, 5.41) is 3.55. The van der Waals surface area contributed by atoms with Gasteiger partial charge in [0, 0.05) is 24.0 Å². The Bertz CT molecular complexity index is 845. The predicted molar refractivity (Wildman–Crippen MR) is 99.8 cm³/mol. The van der Waals surface area contributed by atoms with Crippen LogP contribution in [0, 0.1) is 0 Å². The second-order valence-electron chi connectivity index (χ2n) is 5.83. The number of hydrogen-bond donors (Lipinski definition) is 1. The number of imidazole rings is 1. The molecule has 3 rings (SSSR count). The molecule has 0 atom stereocenters. The second kappa shape index (κ2) is 8.58. The van der Waals surface area contributed by atoms with E-state index in [0.717, 1.165) is 17.1 Å². The lowest BCUT2D eigenvalue weighted by Gasteiger charge is -2.22. The zero-order chi connectivity index (χ0) is 18.4. The lowest BCUT2D eigenvalue weighted by atomic mass is 10.2. The molecule has 0 radical (unpaired) electrons. The average Bonchev–Trinajstić information content (AvgIpc) is 3.29. The van der Waals surface area contributed by atoms with Crippen molar-refractivity contribution in [1.29, 1.82) is 0 Å². The van der Waals surface area contributed by atoms with Crippen molar-refractivity contribution < 1.29 is 9.21 Å². The maximum atomic E-state index is 12.4. The molecule has 2 aromatic heterocycles. The van der Waals surface area contributed by atoms with Gasteiger partial charge in [0.25, 0.3) is 0 Å². The number of rotatable bonds is 7. The van der Waals surface area contributed by atoms with E-state index in [9.17, 15) is 4.79 Å². The summed E-state index contributed by atoms with van der Waals surface area (Å²) in [6, 6.07) is 11.2. The number of amides is 2. The van der Waals surface area contributed by atoms with E-state index >= 15 is 0 Å². The van der Waals surface area contributed by atoms with Gasteiger partial charge < -0.3 is 19.2 Å². The fourth-order valence-electron chi connectivity index (χ4n) is 2.67. The van der Waals surface area contributed by atoms with Crippen LogP contribution < -0.4 is 5.32 Å². The summed E-state index contributed by atoms with van der Waals surface area (Å²) in [6.45, 7) is 3.78. The van der Waals surface area contributed by atoms with Gasteiger partial charge in [0.1, 0.15) is 11.6 Å². The van der Waals surface area contributed by atoms with Crippen molar-refractivity contribution >= 4 is 17.6 Å². The van der Waals surface area contributed by atoms with Gasteiger partial charge in [-0.3, -0.25) is 0 Å². The maximum absolute atomic E-state index is 12.4. The summed E-state index contributed by atoms with van der Waals surface area (Å²) >= 11 is 6.27. The summed E-state index contributed by atoms with van der Waals surface area (Å²) in [6.07, 6.45) is 5.22. The molecule has 2 heterocycles. The van der Waals surface area contributed by atoms with Gasteiger partial charge in [0.05, 0.1) is 25.9 Å². The Kier molecular flexibility index (Phi) is 5.96. The minimum Gasteiger partial charge on any atom is -0.467 e. The molecule has 0 unspecified atom stereocenters. The van der Waals surface area contributed by atoms with Crippen LogP contribution in [0.4, 0.5) is 4.79 Å². The lowest BCUT2D eigenvalue weighted by molar-refractivity contribution is 0.185. The molecule has 136 valence electrons. The zero-order valence-electron chi connectivity index (χ0n) is 14.6. The number of carbonyl (C=O) groups excluding carboxylic acids is 1. The first-order chi connectivity index (χ1) is 12.7. The molecule has 0 aliphatic heterocycles. The van der Waals surface area contributed by atoms with Crippen LogP contribution in [-0.4, -0.2) is 27.0 Å². The van der Waals surface area contributed by atoms with E-state index in [4.69, 9.17) is 16.0 Å². The van der Waals surface area contributed by atoms with Gasteiger partial charge >= 0.3 is 6.03 Å². The van der Waals surface area contributed by atoms with Gasteiger partial charge in [0.2, 0.25) is 0 Å². The molecule has 0 aliphatic rings. The van der Waals surface area contributed by atoms with E-state index in [0.29, 0.717) is 31.2 Å². The van der Waals surface area contributed by atoms with Crippen LogP contribution in [-0.2, 0) is 19.6 Å². The SMILES string of the molecule is CCNC(=O)N(Cc1ccco1)Cc1nccn1Cc1ccccc1Cl. The highest BCUT2D eigenvalue weighted by molar-refractivity contribution is 6.31. The third kappa shape index (κ3) is 4.46. The molecule has 0 spiro atoms. The van der Waals surface area contributed by atoms with Crippen LogP contribution in [0.25, 0.3) is 0 Å². The van der Waals surface area contributed by atoms with E-state index in [2.05, 4.69) is 10.3 Å². The molecule has 0 bridgehead atoms. The monoisotopic (exact) mass is 372 g/mol. The molecule has 26 heavy (non-hydrogen) atoms. The highest BCUT2D eigenvalue weighted by atomic mass is 35.5. The van der Waals surface area contributed by atoms with Crippen LogP contribution in [0.15, 0.2) is 59.5 Å². The van der Waals surface area contributed by atoms with E-state index in [1.165, 1.54) is 0 Å². The van der Waals surface area contributed by atoms with Crippen LogP contribution in [0.1, 0.15) is 24.1 Å². The molecule has 1 aromatic carbocycles. The van der Waals surface area contributed by atoms with Crippen molar-refractivity contribution in [3.8, 4) is 0 Å². The number of halogens is 1. The van der Waals surface area contributed by atoms with Gasteiger partial charge in [-0.05, 0) is 30.7 Å². The van der Waals surface area contributed by atoms with Crippen LogP contribution in [0.2, 0.25) is 5.02 Å². The zero-order valence-corrected chi connectivity index (χ0v) is 15.3. The van der Waals surface area contributed by atoms with E-state index in [-0.39, 0.29) is 6.03 Å². The van der Waals surface area contributed by atoms with E-state index < -0.39 is 0 Å². The molecular weight excluding hydrogens is 352 g/mol. The van der Waals surface area contributed by atoms with Crippen LogP contribution in [0.3, 0.4) is 0 Å². The predicted octanol–water partition coefficient (Wildman–Crippen LogP) is 3.91. The third-order valence-electron chi connectivity index (χ3n) is 3.97. The lowest BCUT2D eigenvalue weighted by Crippen LogP contribution is -2.39. The maximum Gasteiger partial charge on any atom is 0.318 e. The highest BCUT2D eigenvalue weighted by Gasteiger charge is 2.18. The van der Waals surface area contributed by atoms with E-state index in [1.54, 1.807) is 17.4 Å². The van der Waals surface area contributed by atoms with Crippen molar-refractivity contribution in [2.75, 3.05) is 6.54 Å². The average molecular weight is 373 g/mol. The number of hydrogen-bond acceptors (Lipinski definition) is 3. The van der Waals surface area contributed by atoms with Crippen molar-refractivity contribution in [1.82, 2.24) is 19.8 Å². The Balaban J connectivity index is 1.77. The van der Waals surface area contributed by atoms with Crippen LogP contribution in [0.5, 0.6) is 0 Å². The summed E-state index contributed by atoms with van der Waals surface area (Å²) in [5.74, 6) is 1.50. The molecule has 7 heteroatoms. The minimum atomic E-state index is -0.156. The van der Waals surface area contributed by atoms with E-state index in [1.807, 2.05) is 54.1 Å². The highest BCUT2D eigenvalue weighted by Crippen LogP contribution is 2.18. The number of carbonyl (C=O) groups is 1. The standard InChI is InChI=1S/C19H21ClN4O2/c1-2-21-19(25)24(13-16-7-5-11-26-16)14-18-22-9-10-23(18)12-15-6-3-4-8-17(15)20/h3-11H,2,12-14H2,1H3,(H,21,25). The van der Waals surface area contributed by atoms with Gasteiger partial charge in [-0.15, -0.1) is 0 Å². The van der Waals surface area contributed by atoms with Crippen LogP contribution >= 0.6 is 11.6 Å². The smallest absolute Gasteiger partial charge is 0.318 e. The van der Waals surface area contributed by atoms with Gasteiger partial charge in [-0.2, -0.15) is 0 Å². The van der Waals surface area contributed by atoms with Gasteiger partial charge in [0.15, 0.2) is 0 Å². The number of furan rings is 1. The van der Waals surface area contributed by atoms with Gasteiger partial charge in [-0.1, -0.05) is 29.8 Å².